The molecule has 6 nitrogen and oxygen atoms in total. The number of hydrogen-bond donors (Lipinski definition) is 1. The standard InChI is InChI=1S/C17H19N5O/c1-21(2)22-13-6-3-7-14(23)16(13)15(12(9-18)17(22)19)11-5-4-8-20-10-11/h4-5,8,10,15H,3,6-7,19H2,1-2H3/t15-/m1/s1. The molecule has 1 aliphatic heterocycles. The van der Waals surface area contributed by atoms with Gasteiger partial charge in [-0.15, -0.1) is 0 Å². The predicted octanol–water partition coefficient (Wildman–Crippen LogP) is 1.66. The summed E-state index contributed by atoms with van der Waals surface area (Å²) in [7, 11) is 3.71. The Hall–Kier alpha value is -2.65. The quantitative estimate of drug-likeness (QED) is 0.894. The van der Waals surface area contributed by atoms with Crippen LogP contribution in [0.15, 0.2) is 47.2 Å². The summed E-state index contributed by atoms with van der Waals surface area (Å²) in [5, 5.41) is 13.3. The van der Waals surface area contributed by atoms with Gasteiger partial charge in [0.05, 0.1) is 17.6 Å². The predicted molar refractivity (Wildman–Crippen MR) is 85.2 cm³/mol. The van der Waals surface area contributed by atoms with Crippen molar-refractivity contribution in [2.75, 3.05) is 14.1 Å². The zero-order valence-corrected chi connectivity index (χ0v) is 13.3. The van der Waals surface area contributed by atoms with Crippen LogP contribution in [0.5, 0.6) is 0 Å². The second kappa shape index (κ2) is 5.86. The van der Waals surface area contributed by atoms with E-state index in [1.54, 1.807) is 17.4 Å². The van der Waals surface area contributed by atoms with Gasteiger partial charge in [-0.3, -0.25) is 14.8 Å². The minimum absolute atomic E-state index is 0.0900. The molecular formula is C17H19N5O. The monoisotopic (exact) mass is 309 g/mol. The van der Waals surface area contributed by atoms with Crippen LogP contribution in [0.1, 0.15) is 30.7 Å². The van der Waals surface area contributed by atoms with E-state index in [1.165, 1.54) is 0 Å². The summed E-state index contributed by atoms with van der Waals surface area (Å²) in [4.78, 5) is 16.8. The van der Waals surface area contributed by atoms with Crippen LogP contribution in [0.25, 0.3) is 0 Å². The van der Waals surface area contributed by atoms with E-state index in [0.717, 1.165) is 24.1 Å². The highest BCUT2D eigenvalue weighted by Crippen LogP contribution is 2.44. The SMILES string of the molecule is CN(C)N1C(N)=C(C#N)[C@@H](c2cccnc2)C2=C1CCCC2=O. The summed E-state index contributed by atoms with van der Waals surface area (Å²) in [5.41, 5.74) is 9.10. The highest BCUT2D eigenvalue weighted by atomic mass is 16.1. The second-order valence-electron chi connectivity index (χ2n) is 5.93. The topological polar surface area (TPSA) is 86.2 Å². The molecule has 0 unspecified atom stereocenters. The van der Waals surface area contributed by atoms with Gasteiger partial charge in [0.2, 0.25) is 0 Å². The molecule has 1 aliphatic carbocycles. The highest BCUT2D eigenvalue weighted by Gasteiger charge is 2.40. The van der Waals surface area contributed by atoms with Crippen molar-refractivity contribution >= 4 is 5.78 Å². The van der Waals surface area contributed by atoms with E-state index in [1.807, 2.05) is 31.2 Å². The Labute approximate surface area is 135 Å². The lowest BCUT2D eigenvalue weighted by Crippen LogP contribution is -2.45. The molecule has 0 saturated heterocycles. The van der Waals surface area contributed by atoms with Gasteiger partial charge in [-0.1, -0.05) is 6.07 Å². The third-order valence-corrected chi connectivity index (χ3v) is 4.30. The number of carbonyl (C=O) groups is 1. The van der Waals surface area contributed by atoms with Gasteiger partial charge >= 0.3 is 0 Å². The average Bonchev–Trinajstić information content (AvgIpc) is 2.54. The van der Waals surface area contributed by atoms with Crippen LogP contribution < -0.4 is 5.73 Å². The number of Topliss-reactive ketones (excluding diaryl/α,β-unsaturated/α-hetero) is 1. The minimum Gasteiger partial charge on any atom is -0.383 e. The van der Waals surface area contributed by atoms with Gasteiger partial charge in [0.15, 0.2) is 5.78 Å². The fourth-order valence-corrected chi connectivity index (χ4v) is 3.40. The minimum atomic E-state index is -0.423. The number of nitrogens with two attached hydrogens (primary N) is 1. The molecule has 0 radical (unpaired) electrons. The Kier molecular flexibility index (Phi) is 3.89. The molecule has 2 heterocycles. The number of nitriles is 1. The molecule has 0 bridgehead atoms. The van der Waals surface area contributed by atoms with Gasteiger partial charge in [0, 0.05) is 44.2 Å². The van der Waals surface area contributed by atoms with Crippen molar-refractivity contribution in [2.24, 2.45) is 5.73 Å². The normalized spacial score (nSPS) is 21.6. The maximum Gasteiger partial charge on any atom is 0.161 e. The average molecular weight is 309 g/mol. The van der Waals surface area contributed by atoms with Crippen molar-refractivity contribution in [2.45, 2.75) is 25.2 Å². The number of pyridine rings is 1. The number of rotatable bonds is 2. The molecule has 2 N–H and O–H groups in total. The Morgan fingerprint density at radius 2 is 2.22 bits per heavy atom. The molecule has 1 aromatic rings. The van der Waals surface area contributed by atoms with Crippen LogP contribution in [0, 0.1) is 11.3 Å². The molecule has 0 spiro atoms. The molecule has 0 amide bonds. The maximum atomic E-state index is 12.7. The molecule has 1 aromatic heterocycles. The van der Waals surface area contributed by atoms with Crippen molar-refractivity contribution < 1.29 is 4.79 Å². The first-order chi connectivity index (χ1) is 11.1. The number of hydrogen-bond acceptors (Lipinski definition) is 6. The molecule has 2 aliphatic rings. The highest BCUT2D eigenvalue weighted by molar-refractivity contribution is 5.99. The molecule has 3 rings (SSSR count). The van der Waals surface area contributed by atoms with Crippen LogP contribution in [0.2, 0.25) is 0 Å². The van der Waals surface area contributed by atoms with E-state index >= 15 is 0 Å². The summed E-state index contributed by atoms with van der Waals surface area (Å²) >= 11 is 0. The lowest BCUT2D eigenvalue weighted by molar-refractivity contribution is -0.116. The number of allylic oxidation sites excluding steroid dienone is 3. The van der Waals surface area contributed by atoms with E-state index in [4.69, 9.17) is 5.73 Å². The second-order valence-corrected chi connectivity index (χ2v) is 5.93. The Balaban J connectivity index is 2.26. The van der Waals surface area contributed by atoms with Crippen LogP contribution in [0.3, 0.4) is 0 Å². The maximum absolute atomic E-state index is 12.7. The van der Waals surface area contributed by atoms with Crippen molar-refractivity contribution in [3.05, 3.63) is 52.8 Å². The number of carbonyl (C=O) groups excluding carboxylic acids is 1. The molecule has 0 fully saturated rings. The van der Waals surface area contributed by atoms with Gasteiger partial charge < -0.3 is 5.73 Å². The lowest BCUT2D eigenvalue weighted by atomic mass is 9.76. The van der Waals surface area contributed by atoms with Crippen LogP contribution in [0.4, 0.5) is 0 Å². The fraction of sp³-hybridized carbons (Fsp3) is 0.353. The van der Waals surface area contributed by atoms with Crippen LogP contribution in [-0.4, -0.2) is 34.9 Å². The third-order valence-electron chi connectivity index (χ3n) is 4.30. The van der Waals surface area contributed by atoms with E-state index in [-0.39, 0.29) is 5.78 Å². The number of ketones is 1. The summed E-state index contributed by atoms with van der Waals surface area (Å²) in [6.45, 7) is 0. The van der Waals surface area contributed by atoms with Gasteiger partial charge in [0.1, 0.15) is 5.82 Å². The Bertz CT molecular complexity index is 742. The summed E-state index contributed by atoms with van der Waals surface area (Å²) in [5.74, 6) is 0.0553. The Morgan fingerprint density at radius 1 is 1.43 bits per heavy atom. The van der Waals surface area contributed by atoms with Gasteiger partial charge in [-0.05, 0) is 24.5 Å². The van der Waals surface area contributed by atoms with Crippen molar-refractivity contribution in [3.63, 3.8) is 0 Å². The molecule has 1 atom stereocenters. The van der Waals surface area contributed by atoms with Crippen LogP contribution in [-0.2, 0) is 4.79 Å². The van der Waals surface area contributed by atoms with E-state index < -0.39 is 5.92 Å². The number of nitrogens with zero attached hydrogens (tertiary/aromatic N) is 4. The molecule has 0 aromatic carbocycles. The van der Waals surface area contributed by atoms with Gasteiger partial charge in [-0.25, -0.2) is 5.01 Å². The first kappa shape index (κ1) is 15.3. The zero-order valence-electron chi connectivity index (χ0n) is 13.3. The largest absolute Gasteiger partial charge is 0.383 e. The van der Waals surface area contributed by atoms with Crippen LogP contribution >= 0.6 is 0 Å². The molecule has 0 saturated carbocycles. The molecular weight excluding hydrogens is 290 g/mol. The van der Waals surface area contributed by atoms with E-state index in [2.05, 4.69) is 11.1 Å². The third kappa shape index (κ3) is 2.39. The van der Waals surface area contributed by atoms with Gasteiger partial charge in [-0.2, -0.15) is 5.26 Å². The zero-order chi connectivity index (χ0) is 16.6. The number of aromatic nitrogens is 1. The number of hydrazine groups is 1. The summed E-state index contributed by atoms with van der Waals surface area (Å²) in [6, 6.07) is 5.91. The first-order valence-electron chi connectivity index (χ1n) is 7.59. The van der Waals surface area contributed by atoms with Crippen molar-refractivity contribution in [1.82, 2.24) is 15.0 Å². The summed E-state index contributed by atoms with van der Waals surface area (Å²) in [6.07, 6.45) is 5.46. The van der Waals surface area contributed by atoms with E-state index in [9.17, 15) is 10.1 Å². The fourth-order valence-electron chi connectivity index (χ4n) is 3.40. The summed E-state index contributed by atoms with van der Waals surface area (Å²) < 4.78 is 0. The molecule has 6 heteroatoms. The Morgan fingerprint density at radius 3 is 2.83 bits per heavy atom. The lowest BCUT2D eigenvalue weighted by Gasteiger charge is -2.42. The smallest absolute Gasteiger partial charge is 0.161 e. The van der Waals surface area contributed by atoms with Crippen molar-refractivity contribution in [3.8, 4) is 6.07 Å². The molecule has 23 heavy (non-hydrogen) atoms. The van der Waals surface area contributed by atoms with E-state index in [0.29, 0.717) is 23.4 Å². The van der Waals surface area contributed by atoms with Gasteiger partial charge in [0.25, 0.3) is 0 Å². The first-order valence-corrected chi connectivity index (χ1v) is 7.59. The van der Waals surface area contributed by atoms with Crippen molar-refractivity contribution in [1.29, 1.82) is 5.26 Å². The molecule has 118 valence electrons.